The third kappa shape index (κ3) is 3.32. The zero-order chi connectivity index (χ0) is 16.4. The van der Waals surface area contributed by atoms with Crippen molar-refractivity contribution in [2.45, 2.75) is 39.8 Å². The van der Waals surface area contributed by atoms with Gasteiger partial charge in [0.25, 0.3) is 5.91 Å². The Morgan fingerprint density at radius 1 is 1.36 bits per heavy atom. The van der Waals surface area contributed by atoms with Crippen LogP contribution in [0.5, 0.6) is 0 Å². The number of aromatic nitrogens is 4. The zero-order valence-corrected chi connectivity index (χ0v) is 13.0. The first-order chi connectivity index (χ1) is 10.3. The molecule has 0 aliphatic carbocycles. The predicted molar refractivity (Wildman–Crippen MR) is 76.8 cm³/mol. The van der Waals surface area contributed by atoms with Gasteiger partial charge in [-0.3, -0.25) is 9.48 Å². The summed E-state index contributed by atoms with van der Waals surface area (Å²) in [6.07, 6.45) is 1.70. The molecule has 0 aliphatic heterocycles. The van der Waals surface area contributed by atoms with Crippen LogP contribution < -0.4 is 5.32 Å². The monoisotopic (exact) mass is 311 g/mol. The molecule has 0 bridgehead atoms. The largest absolute Gasteiger partial charge is 0.348 e. The number of hydrogen-bond acceptors (Lipinski definition) is 3. The molecule has 6 nitrogen and oxygen atoms in total. The van der Waals surface area contributed by atoms with Gasteiger partial charge in [-0.25, -0.2) is 4.68 Å². The highest BCUT2D eigenvalue weighted by atomic mass is 19.3. The Hall–Kier alpha value is -2.25. The number of alkyl halides is 2. The molecule has 0 aromatic carbocycles. The van der Waals surface area contributed by atoms with Gasteiger partial charge in [-0.1, -0.05) is 0 Å². The van der Waals surface area contributed by atoms with Crippen LogP contribution in [0, 0.1) is 13.8 Å². The van der Waals surface area contributed by atoms with E-state index in [1.165, 1.54) is 6.07 Å². The van der Waals surface area contributed by atoms with Gasteiger partial charge in [-0.2, -0.15) is 19.0 Å². The summed E-state index contributed by atoms with van der Waals surface area (Å²) in [6.45, 7) is 2.99. The normalized spacial score (nSPS) is 12.7. The number of amides is 1. The second kappa shape index (κ2) is 6.25. The molecule has 0 aliphatic rings. The van der Waals surface area contributed by atoms with E-state index in [0.717, 1.165) is 23.1 Å². The molecular formula is C14H19F2N5O. The van der Waals surface area contributed by atoms with Crippen LogP contribution >= 0.6 is 0 Å². The Balaban J connectivity index is 2.01. The maximum atomic E-state index is 12.4. The fraction of sp³-hybridized carbons (Fsp3) is 0.500. The van der Waals surface area contributed by atoms with Gasteiger partial charge in [0.1, 0.15) is 5.69 Å². The average molecular weight is 311 g/mol. The lowest BCUT2D eigenvalue weighted by Gasteiger charge is -2.13. The number of nitrogens with zero attached hydrogens (tertiary/aromatic N) is 4. The summed E-state index contributed by atoms with van der Waals surface area (Å²) in [4.78, 5) is 12.0. The molecule has 2 aromatic heterocycles. The van der Waals surface area contributed by atoms with E-state index in [-0.39, 0.29) is 11.7 Å². The molecule has 1 N–H and O–H groups in total. The number of nitrogens with one attached hydrogen (secondary N) is 1. The predicted octanol–water partition coefficient (Wildman–Crippen LogP) is 1.99. The number of carbonyl (C=O) groups is 1. The van der Waals surface area contributed by atoms with Gasteiger partial charge < -0.3 is 5.32 Å². The van der Waals surface area contributed by atoms with Crippen LogP contribution in [-0.2, 0) is 13.5 Å². The second-order valence-electron chi connectivity index (χ2n) is 5.31. The second-order valence-corrected chi connectivity index (χ2v) is 5.31. The third-order valence-electron chi connectivity index (χ3n) is 3.59. The lowest BCUT2D eigenvalue weighted by molar-refractivity contribution is 0.0559. The van der Waals surface area contributed by atoms with Gasteiger partial charge in [0, 0.05) is 25.0 Å². The number of aryl methyl sites for hydroxylation is 2. The third-order valence-corrected chi connectivity index (χ3v) is 3.59. The number of hydrogen-bond donors (Lipinski definition) is 1. The Kier molecular flexibility index (Phi) is 4.58. The molecule has 0 spiro atoms. The topological polar surface area (TPSA) is 64.7 Å². The van der Waals surface area contributed by atoms with Crippen molar-refractivity contribution in [2.24, 2.45) is 7.05 Å². The number of halogens is 2. The van der Waals surface area contributed by atoms with Crippen LogP contribution in [-0.4, -0.2) is 31.5 Å². The lowest BCUT2D eigenvalue weighted by atomic mass is 10.1. The highest BCUT2D eigenvalue weighted by Crippen LogP contribution is 2.14. The number of rotatable bonds is 5. The summed E-state index contributed by atoms with van der Waals surface area (Å²) in [7, 11) is 1.87. The van der Waals surface area contributed by atoms with Crippen molar-refractivity contribution >= 4 is 5.91 Å². The van der Waals surface area contributed by atoms with Gasteiger partial charge >= 0.3 is 6.55 Å². The fourth-order valence-corrected chi connectivity index (χ4v) is 2.34. The van der Waals surface area contributed by atoms with Crippen LogP contribution in [0.2, 0.25) is 0 Å². The smallest absolute Gasteiger partial charge is 0.333 e. The summed E-state index contributed by atoms with van der Waals surface area (Å²) < 4.78 is 27.1. The van der Waals surface area contributed by atoms with E-state index in [4.69, 9.17) is 0 Å². The van der Waals surface area contributed by atoms with Gasteiger partial charge in [0.15, 0.2) is 0 Å². The fourth-order valence-electron chi connectivity index (χ4n) is 2.34. The van der Waals surface area contributed by atoms with E-state index in [2.05, 4.69) is 15.5 Å². The molecule has 2 aromatic rings. The first-order valence-electron chi connectivity index (χ1n) is 6.92. The number of carbonyl (C=O) groups excluding carboxylic acids is 1. The van der Waals surface area contributed by atoms with E-state index in [1.807, 2.05) is 27.8 Å². The summed E-state index contributed by atoms with van der Waals surface area (Å²) >= 11 is 0. The molecular weight excluding hydrogens is 292 g/mol. The first kappa shape index (κ1) is 16.1. The molecule has 0 fully saturated rings. The molecule has 0 unspecified atom stereocenters. The standard InChI is InChI=1S/C14H19F2N5O/c1-8(7-11-9(2)18-20(4)10(11)3)17-13(22)12-5-6-21(19-12)14(15)16/h5-6,8,14H,7H2,1-4H3,(H,17,22)/t8-/m0/s1. The van der Waals surface area contributed by atoms with Crippen molar-refractivity contribution < 1.29 is 13.6 Å². The molecule has 0 radical (unpaired) electrons. The maximum Gasteiger partial charge on any atom is 0.333 e. The van der Waals surface area contributed by atoms with E-state index in [1.54, 1.807) is 4.68 Å². The molecule has 1 amide bonds. The van der Waals surface area contributed by atoms with Crippen molar-refractivity contribution in [3.63, 3.8) is 0 Å². The Morgan fingerprint density at radius 2 is 2.05 bits per heavy atom. The highest BCUT2D eigenvalue weighted by molar-refractivity contribution is 5.92. The van der Waals surface area contributed by atoms with Gasteiger partial charge in [0.05, 0.1) is 5.69 Å². The van der Waals surface area contributed by atoms with E-state index < -0.39 is 12.5 Å². The first-order valence-corrected chi connectivity index (χ1v) is 6.92. The van der Waals surface area contributed by atoms with Crippen LogP contribution in [0.1, 0.15) is 40.9 Å². The summed E-state index contributed by atoms with van der Waals surface area (Å²) in [6, 6.07) is 1.11. The Morgan fingerprint density at radius 3 is 2.55 bits per heavy atom. The molecule has 1 atom stereocenters. The van der Waals surface area contributed by atoms with Gasteiger partial charge in [-0.15, -0.1) is 0 Å². The van der Waals surface area contributed by atoms with Crippen LogP contribution in [0.4, 0.5) is 8.78 Å². The van der Waals surface area contributed by atoms with Crippen LogP contribution in [0.3, 0.4) is 0 Å². The van der Waals surface area contributed by atoms with Crippen molar-refractivity contribution in [1.29, 1.82) is 0 Å². The van der Waals surface area contributed by atoms with Crippen molar-refractivity contribution in [1.82, 2.24) is 24.9 Å². The minimum absolute atomic E-state index is 0.0215. The molecule has 0 saturated heterocycles. The lowest BCUT2D eigenvalue weighted by Crippen LogP contribution is -2.34. The molecule has 2 rings (SSSR count). The summed E-state index contributed by atoms with van der Waals surface area (Å²) in [5, 5.41) is 10.6. The van der Waals surface area contributed by atoms with Crippen LogP contribution in [0.25, 0.3) is 0 Å². The van der Waals surface area contributed by atoms with Gasteiger partial charge in [-0.05, 0) is 38.8 Å². The average Bonchev–Trinajstić information content (AvgIpc) is 3.01. The molecule has 2 heterocycles. The molecule has 0 saturated carbocycles. The SMILES string of the molecule is Cc1nn(C)c(C)c1C[C@H](C)NC(=O)c1ccn(C(F)F)n1. The minimum Gasteiger partial charge on any atom is -0.348 e. The highest BCUT2D eigenvalue weighted by Gasteiger charge is 2.18. The summed E-state index contributed by atoms with van der Waals surface area (Å²) in [5.41, 5.74) is 3.02. The minimum atomic E-state index is -2.75. The quantitative estimate of drug-likeness (QED) is 0.918. The van der Waals surface area contributed by atoms with E-state index in [9.17, 15) is 13.6 Å². The van der Waals surface area contributed by atoms with Crippen LogP contribution in [0.15, 0.2) is 12.3 Å². The maximum absolute atomic E-state index is 12.4. The van der Waals surface area contributed by atoms with E-state index in [0.29, 0.717) is 11.1 Å². The molecule has 22 heavy (non-hydrogen) atoms. The molecule has 8 heteroatoms. The Bertz CT molecular complexity index is 677. The van der Waals surface area contributed by atoms with Crippen molar-refractivity contribution in [2.75, 3.05) is 0 Å². The summed E-state index contributed by atoms with van der Waals surface area (Å²) in [5.74, 6) is -0.467. The molecule has 120 valence electrons. The van der Waals surface area contributed by atoms with E-state index >= 15 is 0 Å². The zero-order valence-electron chi connectivity index (χ0n) is 13.0. The van der Waals surface area contributed by atoms with Gasteiger partial charge in [0.2, 0.25) is 0 Å². The van der Waals surface area contributed by atoms with Crippen molar-refractivity contribution in [3.8, 4) is 0 Å². The van der Waals surface area contributed by atoms with Crippen molar-refractivity contribution in [3.05, 3.63) is 34.9 Å². The Labute approximate surface area is 127 Å².